The monoisotopic (exact) mass is 309 g/mol. The smallest absolute Gasteiger partial charge is 0.251 e. The Hall–Kier alpha value is -2.49. The van der Waals surface area contributed by atoms with Gasteiger partial charge in [-0.3, -0.25) is 9.59 Å². The third-order valence-electron chi connectivity index (χ3n) is 2.83. The number of benzene rings is 1. The summed E-state index contributed by atoms with van der Waals surface area (Å²) in [7, 11) is 0. The van der Waals surface area contributed by atoms with E-state index in [-0.39, 0.29) is 5.56 Å². The van der Waals surface area contributed by atoms with Crippen LogP contribution in [0, 0.1) is 28.4 Å². The normalized spacial score (nSPS) is 12.2. The van der Waals surface area contributed by atoms with Gasteiger partial charge in [0.15, 0.2) is 0 Å². The molecule has 7 heteroatoms. The maximum absolute atomic E-state index is 13.0. The van der Waals surface area contributed by atoms with Gasteiger partial charge in [0.05, 0.1) is 12.6 Å². The van der Waals surface area contributed by atoms with E-state index in [2.05, 4.69) is 10.6 Å². The van der Waals surface area contributed by atoms with E-state index >= 15 is 0 Å². The summed E-state index contributed by atoms with van der Waals surface area (Å²) in [6, 6.07) is 3.62. The minimum Gasteiger partial charge on any atom is -0.343 e. The van der Waals surface area contributed by atoms with Gasteiger partial charge in [-0.15, -0.1) is 0 Å². The highest BCUT2D eigenvalue weighted by Crippen LogP contribution is 2.18. The SMILES string of the molecule is CC(C)(C)[C@@H](C#N)NC(=O)CNC(=O)c1cc(F)cc(F)c1. The Balaban J connectivity index is 2.61. The Kier molecular flexibility index (Phi) is 5.57. The lowest BCUT2D eigenvalue weighted by atomic mass is 9.88. The van der Waals surface area contributed by atoms with Crippen LogP contribution in [0.4, 0.5) is 8.78 Å². The maximum atomic E-state index is 13.0. The molecule has 0 radical (unpaired) electrons. The summed E-state index contributed by atoms with van der Waals surface area (Å²) in [4.78, 5) is 23.4. The Morgan fingerprint density at radius 3 is 2.23 bits per heavy atom. The highest BCUT2D eigenvalue weighted by molar-refractivity contribution is 5.96. The predicted molar refractivity (Wildman–Crippen MR) is 75.7 cm³/mol. The molecule has 1 rings (SSSR count). The van der Waals surface area contributed by atoms with Crippen LogP contribution < -0.4 is 10.6 Å². The molecule has 2 amide bonds. The quantitative estimate of drug-likeness (QED) is 0.889. The van der Waals surface area contributed by atoms with Gasteiger partial charge in [-0.1, -0.05) is 20.8 Å². The zero-order valence-electron chi connectivity index (χ0n) is 12.5. The van der Waals surface area contributed by atoms with E-state index in [1.165, 1.54) is 0 Å². The fraction of sp³-hybridized carbons (Fsp3) is 0.400. The predicted octanol–water partition coefficient (Wildman–Crippen LogP) is 1.75. The molecule has 0 bridgehead atoms. The molecule has 0 heterocycles. The van der Waals surface area contributed by atoms with Crippen molar-refractivity contribution in [2.24, 2.45) is 5.41 Å². The number of hydrogen-bond acceptors (Lipinski definition) is 3. The Labute approximate surface area is 127 Å². The summed E-state index contributed by atoms with van der Waals surface area (Å²) >= 11 is 0. The van der Waals surface area contributed by atoms with Gasteiger partial charge in [-0.25, -0.2) is 8.78 Å². The number of hydrogen-bond donors (Lipinski definition) is 2. The topological polar surface area (TPSA) is 82.0 Å². The van der Waals surface area contributed by atoms with Gasteiger partial charge in [0.2, 0.25) is 5.91 Å². The van der Waals surface area contributed by atoms with Crippen LogP contribution in [0.3, 0.4) is 0 Å². The molecule has 0 saturated heterocycles. The van der Waals surface area contributed by atoms with Gasteiger partial charge in [-0.2, -0.15) is 5.26 Å². The number of rotatable bonds is 4. The van der Waals surface area contributed by atoms with Gasteiger partial charge in [-0.05, 0) is 17.5 Å². The summed E-state index contributed by atoms with van der Waals surface area (Å²) < 4.78 is 26.0. The average molecular weight is 309 g/mol. The first-order valence-corrected chi connectivity index (χ1v) is 6.57. The number of amides is 2. The molecule has 22 heavy (non-hydrogen) atoms. The molecule has 0 aromatic heterocycles. The molecule has 1 aromatic carbocycles. The van der Waals surface area contributed by atoms with Crippen molar-refractivity contribution in [1.29, 1.82) is 5.26 Å². The Bertz CT molecular complexity index is 598. The zero-order chi connectivity index (χ0) is 16.9. The zero-order valence-corrected chi connectivity index (χ0v) is 12.5. The number of nitriles is 1. The van der Waals surface area contributed by atoms with Crippen molar-refractivity contribution in [3.8, 4) is 6.07 Å². The van der Waals surface area contributed by atoms with E-state index in [1.807, 2.05) is 6.07 Å². The molecule has 0 spiro atoms. The molecule has 0 aliphatic rings. The van der Waals surface area contributed by atoms with Crippen molar-refractivity contribution in [1.82, 2.24) is 10.6 Å². The molecule has 1 aromatic rings. The minimum atomic E-state index is -0.883. The lowest BCUT2D eigenvalue weighted by Gasteiger charge is -2.25. The van der Waals surface area contributed by atoms with Crippen LogP contribution in [0.5, 0.6) is 0 Å². The van der Waals surface area contributed by atoms with Crippen molar-refractivity contribution in [2.75, 3.05) is 6.54 Å². The molecule has 0 fully saturated rings. The van der Waals surface area contributed by atoms with Crippen LogP contribution in [0.1, 0.15) is 31.1 Å². The van der Waals surface area contributed by atoms with E-state index in [1.54, 1.807) is 20.8 Å². The van der Waals surface area contributed by atoms with Crippen LogP contribution in [0.15, 0.2) is 18.2 Å². The van der Waals surface area contributed by atoms with Crippen LogP contribution in [0.25, 0.3) is 0 Å². The Morgan fingerprint density at radius 1 is 1.23 bits per heavy atom. The number of nitrogens with zero attached hydrogens (tertiary/aromatic N) is 1. The van der Waals surface area contributed by atoms with E-state index in [9.17, 15) is 18.4 Å². The van der Waals surface area contributed by atoms with Crippen LogP contribution in [0.2, 0.25) is 0 Å². The maximum Gasteiger partial charge on any atom is 0.251 e. The first kappa shape index (κ1) is 17.6. The van der Waals surface area contributed by atoms with Crippen LogP contribution in [-0.2, 0) is 4.79 Å². The van der Waals surface area contributed by atoms with Crippen LogP contribution >= 0.6 is 0 Å². The third kappa shape index (κ3) is 5.13. The van der Waals surface area contributed by atoms with Crippen molar-refractivity contribution < 1.29 is 18.4 Å². The number of carbonyl (C=O) groups excluding carboxylic acids is 2. The standard InChI is InChI=1S/C15H17F2N3O2/c1-15(2,3)12(7-18)20-13(21)8-19-14(22)9-4-10(16)6-11(17)5-9/h4-6,12H,8H2,1-3H3,(H,19,22)(H,20,21)/t12-/m1/s1. The summed E-state index contributed by atoms with van der Waals surface area (Å²) in [6.07, 6.45) is 0. The average Bonchev–Trinajstić information content (AvgIpc) is 2.39. The fourth-order valence-corrected chi connectivity index (χ4v) is 1.60. The molecular formula is C15H17F2N3O2. The second-order valence-electron chi connectivity index (χ2n) is 5.84. The highest BCUT2D eigenvalue weighted by Gasteiger charge is 2.26. The second-order valence-corrected chi connectivity index (χ2v) is 5.84. The lowest BCUT2D eigenvalue weighted by molar-refractivity contribution is -0.121. The third-order valence-corrected chi connectivity index (χ3v) is 2.83. The summed E-state index contributed by atoms with van der Waals surface area (Å²) in [5, 5.41) is 13.7. The van der Waals surface area contributed by atoms with Gasteiger partial charge < -0.3 is 10.6 Å². The largest absolute Gasteiger partial charge is 0.343 e. The fourth-order valence-electron chi connectivity index (χ4n) is 1.60. The first-order valence-electron chi connectivity index (χ1n) is 6.57. The molecule has 0 aliphatic heterocycles. The molecule has 2 N–H and O–H groups in total. The van der Waals surface area contributed by atoms with E-state index < -0.39 is 41.5 Å². The van der Waals surface area contributed by atoms with Crippen molar-refractivity contribution in [3.05, 3.63) is 35.4 Å². The van der Waals surface area contributed by atoms with Gasteiger partial charge in [0, 0.05) is 11.6 Å². The van der Waals surface area contributed by atoms with Gasteiger partial charge in [0.1, 0.15) is 17.7 Å². The molecule has 5 nitrogen and oxygen atoms in total. The number of carbonyl (C=O) groups is 2. The van der Waals surface area contributed by atoms with E-state index in [0.29, 0.717) is 6.07 Å². The lowest BCUT2D eigenvalue weighted by Crippen LogP contribution is -2.46. The van der Waals surface area contributed by atoms with Crippen molar-refractivity contribution >= 4 is 11.8 Å². The van der Waals surface area contributed by atoms with Gasteiger partial charge in [0.25, 0.3) is 5.91 Å². The van der Waals surface area contributed by atoms with Crippen molar-refractivity contribution in [3.63, 3.8) is 0 Å². The van der Waals surface area contributed by atoms with Crippen molar-refractivity contribution in [2.45, 2.75) is 26.8 Å². The molecule has 1 atom stereocenters. The molecule has 0 saturated carbocycles. The summed E-state index contributed by atoms with van der Waals surface area (Å²) in [5.41, 5.74) is -0.682. The molecular weight excluding hydrogens is 292 g/mol. The summed E-state index contributed by atoms with van der Waals surface area (Å²) in [5.74, 6) is -3.11. The highest BCUT2D eigenvalue weighted by atomic mass is 19.1. The van der Waals surface area contributed by atoms with Gasteiger partial charge >= 0.3 is 0 Å². The summed E-state index contributed by atoms with van der Waals surface area (Å²) in [6.45, 7) is 4.96. The first-order chi connectivity index (χ1) is 10.1. The number of halogens is 2. The molecule has 0 unspecified atom stereocenters. The van der Waals surface area contributed by atoms with Crippen LogP contribution in [-0.4, -0.2) is 24.4 Å². The van der Waals surface area contributed by atoms with E-state index in [0.717, 1.165) is 12.1 Å². The Morgan fingerprint density at radius 2 is 1.77 bits per heavy atom. The second kappa shape index (κ2) is 6.98. The number of nitrogens with one attached hydrogen (secondary N) is 2. The molecule has 118 valence electrons. The minimum absolute atomic E-state index is 0.224. The van der Waals surface area contributed by atoms with E-state index in [4.69, 9.17) is 5.26 Å². The molecule has 0 aliphatic carbocycles.